The lowest BCUT2D eigenvalue weighted by Gasteiger charge is -2.08. The van der Waals surface area contributed by atoms with E-state index in [2.05, 4.69) is 5.10 Å². The molecule has 2 rings (SSSR count). The van der Waals surface area contributed by atoms with Gasteiger partial charge in [-0.1, -0.05) is 12.1 Å². The van der Waals surface area contributed by atoms with Crippen molar-refractivity contribution >= 4 is 0 Å². The van der Waals surface area contributed by atoms with Crippen molar-refractivity contribution in [2.24, 2.45) is 7.05 Å². The number of hydrogen-bond donors (Lipinski definition) is 1. The molecule has 1 atom stereocenters. The number of aliphatic hydroxyl groups is 1. The molecule has 0 spiro atoms. The fourth-order valence-electron chi connectivity index (χ4n) is 1.70. The van der Waals surface area contributed by atoms with Gasteiger partial charge in [0, 0.05) is 19.7 Å². The zero-order valence-corrected chi connectivity index (χ0v) is 10.00. The Kier molecular flexibility index (Phi) is 3.44. The van der Waals surface area contributed by atoms with Crippen molar-refractivity contribution in [3.8, 4) is 5.75 Å². The summed E-state index contributed by atoms with van der Waals surface area (Å²) in [4.78, 5) is 0. The average Bonchev–Trinajstić information content (AvgIpc) is 2.77. The molecular formula is C13H16N2O2. The lowest BCUT2D eigenvalue weighted by Crippen LogP contribution is -2.03. The van der Waals surface area contributed by atoms with E-state index < -0.39 is 6.10 Å². The van der Waals surface area contributed by atoms with Crippen molar-refractivity contribution in [3.05, 3.63) is 47.8 Å². The van der Waals surface area contributed by atoms with Crippen LogP contribution in [0.2, 0.25) is 0 Å². The third-order valence-corrected chi connectivity index (χ3v) is 2.66. The fourth-order valence-corrected chi connectivity index (χ4v) is 1.70. The Hall–Kier alpha value is -1.81. The van der Waals surface area contributed by atoms with Gasteiger partial charge in [-0.05, 0) is 23.8 Å². The van der Waals surface area contributed by atoms with Gasteiger partial charge in [0.25, 0.3) is 0 Å². The minimum Gasteiger partial charge on any atom is -0.497 e. The molecule has 0 radical (unpaired) electrons. The van der Waals surface area contributed by atoms with E-state index in [9.17, 15) is 5.11 Å². The van der Waals surface area contributed by atoms with Crippen molar-refractivity contribution in [1.29, 1.82) is 0 Å². The first kappa shape index (κ1) is 11.7. The molecule has 0 saturated heterocycles. The number of aliphatic hydroxyl groups excluding tert-OH is 1. The van der Waals surface area contributed by atoms with Gasteiger partial charge in [0.15, 0.2) is 0 Å². The highest BCUT2D eigenvalue weighted by Gasteiger charge is 2.11. The van der Waals surface area contributed by atoms with Crippen molar-refractivity contribution in [2.45, 2.75) is 12.5 Å². The van der Waals surface area contributed by atoms with Crippen molar-refractivity contribution in [1.82, 2.24) is 9.78 Å². The van der Waals surface area contributed by atoms with Gasteiger partial charge in [-0.3, -0.25) is 4.68 Å². The van der Waals surface area contributed by atoms with E-state index >= 15 is 0 Å². The van der Waals surface area contributed by atoms with Gasteiger partial charge in [-0.15, -0.1) is 0 Å². The minimum atomic E-state index is -0.565. The number of ether oxygens (including phenoxy) is 1. The number of rotatable bonds is 4. The number of methoxy groups -OCH3 is 1. The monoisotopic (exact) mass is 232 g/mol. The normalized spacial score (nSPS) is 12.4. The molecule has 1 N–H and O–H groups in total. The average molecular weight is 232 g/mol. The second-order valence-corrected chi connectivity index (χ2v) is 3.98. The molecule has 1 aromatic heterocycles. The quantitative estimate of drug-likeness (QED) is 0.872. The van der Waals surface area contributed by atoms with Crippen molar-refractivity contribution < 1.29 is 9.84 Å². The van der Waals surface area contributed by atoms with Crippen LogP contribution in [0.3, 0.4) is 0 Å². The molecule has 0 aliphatic carbocycles. The Morgan fingerprint density at radius 2 is 2.00 bits per heavy atom. The maximum Gasteiger partial charge on any atom is 0.118 e. The maximum atomic E-state index is 10.0. The zero-order valence-electron chi connectivity index (χ0n) is 10.00. The molecule has 17 heavy (non-hydrogen) atoms. The largest absolute Gasteiger partial charge is 0.497 e. The van der Waals surface area contributed by atoms with E-state index in [1.165, 1.54) is 0 Å². The van der Waals surface area contributed by atoms with E-state index in [-0.39, 0.29) is 0 Å². The zero-order chi connectivity index (χ0) is 12.3. The van der Waals surface area contributed by atoms with Crippen LogP contribution in [0, 0.1) is 0 Å². The third kappa shape index (κ3) is 2.85. The molecule has 0 aliphatic heterocycles. The van der Waals surface area contributed by atoms with Crippen LogP contribution in [0.25, 0.3) is 0 Å². The summed E-state index contributed by atoms with van der Waals surface area (Å²) in [7, 11) is 3.47. The van der Waals surface area contributed by atoms with Crippen LogP contribution in [-0.2, 0) is 13.5 Å². The third-order valence-electron chi connectivity index (χ3n) is 2.66. The Morgan fingerprint density at radius 3 is 2.53 bits per heavy atom. The second-order valence-electron chi connectivity index (χ2n) is 3.98. The van der Waals surface area contributed by atoms with E-state index in [1.54, 1.807) is 11.8 Å². The lowest BCUT2D eigenvalue weighted by atomic mass is 10.1. The van der Waals surface area contributed by atoms with E-state index in [1.807, 2.05) is 43.6 Å². The van der Waals surface area contributed by atoms with E-state index in [0.29, 0.717) is 12.1 Å². The van der Waals surface area contributed by atoms with Crippen molar-refractivity contribution in [3.63, 3.8) is 0 Å². The summed E-state index contributed by atoms with van der Waals surface area (Å²) in [5.74, 6) is 0.820. The molecule has 0 fully saturated rings. The number of hydrogen-bond acceptors (Lipinski definition) is 3. The summed E-state index contributed by atoms with van der Waals surface area (Å²) in [5.41, 5.74) is 1.76. The Labute approximate surface area is 100 Å². The van der Waals surface area contributed by atoms with Gasteiger partial charge >= 0.3 is 0 Å². The minimum absolute atomic E-state index is 0.557. The first-order valence-electron chi connectivity index (χ1n) is 5.49. The van der Waals surface area contributed by atoms with Gasteiger partial charge in [-0.2, -0.15) is 5.10 Å². The summed E-state index contributed by atoms with van der Waals surface area (Å²) < 4.78 is 6.77. The van der Waals surface area contributed by atoms with Gasteiger partial charge in [0.2, 0.25) is 0 Å². The molecular weight excluding hydrogens is 216 g/mol. The molecule has 2 aromatic rings. The summed E-state index contributed by atoms with van der Waals surface area (Å²) in [6.45, 7) is 0. The molecule has 1 heterocycles. The Morgan fingerprint density at radius 1 is 1.29 bits per heavy atom. The van der Waals surface area contributed by atoms with Crippen molar-refractivity contribution in [2.75, 3.05) is 7.11 Å². The lowest BCUT2D eigenvalue weighted by molar-refractivity contribution is 0.172. The Bertz CT molecular complexity index is 476. The molecule has 0 amide bonds. The SMILES string of the molecule is COc1ccc(CC(O)c2ccn(C)n2)cc1. The van der Waals surface area contributed by atoms with Crippen LogP contribution < -0.4 is 4.74 Å². The van der Waals surface area contributed by atoms with Crippen LogP contribution in [0.5, 0.6) is 5.75 Å². The summed E-state index contributed by atoms with van der Waals surface area (Å²) in [6.07, 6.45) is 1.82. The summed E-state index contributed by atoms with van der Waals surface area (Å²) >= 11 is 0. The second kappa shape index (κ2) is 5.01. The maximum absolute atomic E-state index is 10.0. The van der Waals surface area contributed by atoms with Gasteiger partial charge in [0.1, 0.15) is 11.9 Å². The van der Waals surface area contributed by atoms with Crippen LogP contribution in [0.4, 0.5) is 0 Å². The number of nitrogens with zero attached hydrogens (tertiary/aromatic N) is 2. The molecule has 4 nitrogen and oxygen atoms in total. The summed E-state index contributed by atoms with van der Waals surface area (Å²) in [5, 5.41) is 14.2. The van der Waals surface area contributed by atoms with Gasteiger partial charge in [0.05, 0.1) is 12.8 Å². The molecule has 90 valence electrons. The highest BCUT2D eigenvalue weighted by atomic mass is 16.5. The molecule has 0 aliphatic rings. The molecule has 4 heteroatoms. The van der Waals surface area contributed by atoms with Crippen LogP contribution in [0.1, 0.15) is 17.4 Å². The van der Waals surface area contributed by atoms with Crippen LogP contribution in [0.15, 0.2) is 36.5 Å². The summed E-state index contributed by atoms with van der Waals surface area (Å²) in [6, 6.07) is 9.51. The first-order chi connectivity index (χ1) is 8.19. The standard InChI is InChI=1S/C13H16N2O2/c1-15-8-7-12(14-15)13(16)9-10-3-5-11(17-2)6-4-10/h3-8,13,16H,9H2,1-2H3. The molecule has 1 aromatic carbocycles. The first-order valence-corrected chi connectivity index (χ1v) is 5.49. The van der Waals surface area contributed by atoms with E-state index in [0.717, 1.165) is 11.3 Å². The van der Waals surface area contributed by atoms with Crippen LogP contribution in [-0.4, -0.2) is 22.0 Å². The highest BCUT2D eigenvalue weighted by Crippen LogP contribution is 2.18. The Balaban J connectivity index is 2.04. The smallest absolute Gasteiger partial charge is 0.118 e. The molecule has 1 unspecified atom stereocenters. The van der Waals surface area contributed by atoms with Gasteiger partial charge in [-0.25, -0.2) is 0 Å². The molecule has 0 saturated carbocycles. The number of benzene rings is 1. The topological polar surface area (TPSA) is 47.3 Å². The number of aromatic nitrogens is 2. The predicted octanol–water partition coefficient (Wildman–Crippen LogP) is 1.70. The molecule has 0 bridgehead atoms. The van der Waals surface area contributed by atoms with Crippen LogP contribution >= 0.6 is 0 Å². The predicted molar refractivity (Wildman–Crippen MR) is 64.9 cm³/mol. The van der Waals surface area contributed by atoms with E-state index in [4.69, 9.17) is 4.74 Å². The van der Waals surface area contributed by atoms with Gasteiger partial charge < -0.3 is 9.84 Å². The number of aryl methyl sites for hydroxylation is 1. The fraction of sp³-hybridized carbons (Fsp3) is 0.308. The highest BCUT2D eigenvalue weighted by molar-refractivity contribution is 5.28.